The van der Waals surface area contributed by atoms with Gasteiger partial charge < -0.3 is 15.5 Å². The van der Waals surface area contributed by atoms with E-state index >= 15 is 0 Å². The van der Waals surface area contributed by atoms with E-state index in [1.54, 1.807) is 6.07 Å². The lowest BCUT2D eigenvalue weighted by Crippen LogP contribution is -2.30. The number of amides is 1. The van der Waals surface area contributed by atoms with Crippen LogP contribution in [0.2, 0.25) is 0 Å². The molecule has 1 aromatic carbocycles. The fourth-order valence-corrected chi connectivity index (χ4v) is 2.43. The van der Waals surface area contributed by atoms with Crippen LogP contribution in [0.15, 0.2) is 18.2 Å². The Bertz CT molecular complexity index is 532. The Balaban J connectivity index is 2.37. The van der Waals surface area contributed by atoms with Crippen LogP contribution in [0.25, 0.3) is 0 Å². The van der Waals surface area contributed by atoms with Gasteiger partial charge in [0.25, 0.3) is 11.6 Å². The number of rotatable bonds is 4. The molecule has 7 nitrogen and oxygen atoms in total. The number of nitrogens with zero attached hydrogens (tertiary/aromatic N) is 2. The maximum absolute atomic E-state index is 11.7. The number of hydrogen-bond acceptors (Lipinski definition) is 5. The van der Waals surface area contributed by atoms with Gasteiger partial charge in [-0.1, -0.05) is 0 Å². The summed E-state index contributed by atoms with van der Waals surface area (Å²) in [5.41, 5.74) is 0.976. The second kappa shape index (κ2) is 5.87. The van der Waals surface area contributed by atoms with E-state index < -0.39 is 4.92 Å². The number of nitro groups is 1. The number of nitrogens with one attached hydrogen (secondary N) is 2. The second-order valence-electron chi connectivity index (χ2n) is 4.76. The minimum absolute atomic E-state index is 0.0365. The van der Waals surface area contributed by atoms with Gasteiger partial charge >= 0.3 is 0 Å². The molecule has 1 aliphatic heterocycles. The van der Waals surface area contributed by atoms with Crippen molar-refractivity contribution in [3.63, 3.8) is 0 Å². The molecule has 1 aliphatic rings. The van der Waals surface area contributed by atoms with Crippen LogP contribution in [-0.4, -0.2) is 44.1 Å². The normalized spacial score (nSPS) is 18.1. The first kappa shape index (κ1) is 14.3. The van der Waals surface area contributed by atoms with Crippen molar-refractivity contribution >= 4 is 17.3 Å². The zero-order chi connectivity index (χ0) is 14.7. The van der Waals surface area contributed by atoms with Crippen molar-refractivity contribution in [3.8, 4) is 0 Å². The molecule has 0 saturated carbocycles. The molecule has 0 aromatic heterocycles. The summed E-state index contributed by atoms with van der Waals surface area (Å²) in [5.74, 6) is -0.245. The Labute approximate surface area is 117 Å². The zero-order valence-electron chi connectivity index (χ0n) is 11.5. The first-order valence-corrected chi connectivity index (χ1v) is 6.49. The minimum atomic E-state index is -0.407. The predicted octanol–water partition coefficient (Wildman–Crippen LogP) is 0.752. The summed E-state index contributed by atoms with van der Waals surface area (Å²) >= 11 is 0. The van der Waals surface area contributed by atoms with Crippen LogP contribution in [0.4, 0.5) is 11.4 Å². The molecule has 0 bridgehead atoms. The average Bonchev–Trinajstić information content (AvgIpc) is 2.94. The third kappa shape index (κ3) is 2.72. The number of anilines is 1. The standard InChI is InChI=1S/C13H18N4O3/c1-14-10-5-6-16(8-10)12-7-9(13(18)15-2)3-4-11(12)17(19)20/h3-4,7,10,14H,5-6,8H2,1-2H3,(H,15,18). The van der Waals surface area contributed by atoms with Crippen LogP contribution in [0.5, 0.6) is 0 Å². The van der Waals surface area contributed by atoms with Crippen LogP contribution in [0.3, 0.4) is 0 Å². The van der Waals surface area contributed by atoms with E-state index in [4.69, 9.17) is 0 Å². The fraction of sp³-hybridized carbons (Fsp3) is 0.462. The monoisotopic (exact) mass is 278 g/mol. The van der Waals surface area contributed by atoms with E-state index in [9.17, 15) is 14.9 Å². The number of carbonyl (C=O) groups excluding carboxylic acids is 1. The molecule has 1 unspecified atom stereocenters. The molecule has 1 heterocycles. The first-order chi connectivity index (χ1) is 9.56. The molecular weight excluding hydrogens is 260 g/mol. The highest BCUT2D eigenvalue weighted by Crippen LogP contribution is 2.31. The largest absolute Gasteiger partial charge is 0.364 e. The molecule has 0 radical (unpaired) electrons. The molecule has 2 N–H and O–H groups in total. The van der Waals surface area contributed by atoms with E-state index in [0.29, 0.717) is 23.8 Å². The maximum atomic E-state index is 11.7. The number of likely N-dealkylation sites (N-methyl/N-ethyl adjacent to an activating group) is 1. The Morgan fingerprint density at radius 1 is 1.45 bits per heavy atom. The lowest BCUT2D eigenvalue weighted by Gasteiger charge is -2.19. The van der Waals surface area contributed by atoms with Crippen LogP contribution < -0.4 is 15.5 Å². The van der Waals surface area contributed by atoms with Gasteiger partial charge in [0.1, 0.15) is 5.69 Å². The third-order valence-corrected chi connectivity index (χ3v) is 3.60. The Hall–Kier alpha value is -2.15. The van der Waals surface area contributed by atoms with E-state index in [2.05, 4.69) is 10.6 Å². The SMILES string of the molecule is CNC(=O)c1ccc([N+](=O)[O-])c(N2CCC(NC)C2)c1. The van der Waals surface area contributed by atoms with Crippen molar-refractivity contribution in [2.45, 2.75) is 12.5 Å². The Morgan fingerprint density at radius 2 is 2.20 bits per heavy atom. The van der Waals surface area contributed by atoms with Gasteiger partial charge in [-0.25, -0.2) is 0 Å². The molecule has 0 spiro atoms. The molecular formula is C13H18N4O3. The van der Waals surface area contributed by atoms with Gasteiger partial charge in [0.15, 0.2) is 0 Å². The summed E-state index contributed by atoms with van der Waals surface area (Å²) in [6.07, 6.45) is 0.928. The second-order valence-corrected chi connectivity index (χ2v) is 4.76. The minimum Gasteiger partial charge on any atom is -0.364 e. The molecule has 1 fully saturated rings. The lowest BCUT2D eigenvalue weighted by atomic mass is 10.1. The van der Waals surface area contributed by atoms with E-state index in [-0.39, 0.29) is 11.6 Å². The van der Waals surface area contributed by atoms with E-state index in [1.165, 1.54) is 19.2 Å². The van der Waals surface area contributed by atoms with Gasteiger partial charge in [-0.15, -0.1) is 0 Å². The molecule has 1 saturated heterocycles. The van der Waals surface area contributed by atoms with Gasteiger partial charge in [-0.05, 0) is 25.6 Å². The van der Waals surface area contributed by atoms with Crippen LogP contribution in [0, 0.1) is 10.1 Å². The number of hydrogen-bond donors (Lipinski definition) is 2. The summed E-state index contributed by atoms with van der Waals surface area (Å²) in [7, 11) is 3.42. The predicted molar refractivity (Wildman–Crippen MR) is 76.2 cm³/mol. The number of carbonyl (C=O) groups is 1. The fourth-order valence-electron chi connectivity index (χ4n) is 2.43. The van der Waals surface area contributed by atoms with Gasteiger partial charge in [-0.2, -0.15) is 0 Å². The molecule has 0 aliphatic carbocycles. The highest BCUT2D eigenvalue weighted by atomic mass is 16.6. The van der Waals surface area contributed by atoms with E-state index in [1.807, 2.05) is 11.9 Å². The maximum Gasteiger partial charge on any atom is 0.292 e. The molecule has 20 heavy (non-hydrogen) atoms. The first-order valence-electron chi connectivity index (χ1n) is 6.49. The van der Waals surface area contributed by atoms with Crippen molar-refractivity contribution in [3.05, 3.63) is 33.9 Å². The molecule has 108 valence electrons. The molecule has 1 atom stereocenters. The topological polar surface area (TPSA) is 87.5 Å². The highest BCUT2D eigenvalue weighted by Gasteiger charge is 2.27. The third-order valence-electron chi connectivity index (χ3n) is 3.60. The van der Waals surface area contributed by atoms with Gasteiger partial charge in [0, 0.05) is 37.8 Å². The quantitative estimate of drug-likeness (QED) is 0.627. The Morgan fingerprint density at radius 3 is 2.75 bits per heavy atom. The zero-order valence-corrected chi connectivity index (χ0v) is 11.5. The number of benzene rings is 1. The molecule has 1 aromatic rings. The smallest absolute Gasteiger partial charge is 0.292 e. The van der Waals surface area contributed by atoms with Gasteiger partial charge in [0.05, 0.1) is 4.92 Å². The van der Waals surface area contributed by atoms with Crippen molar-refractivity contribution in [1.29, 1.82) is 0 Å². The summed E-state index contributed by atoms with van der Waals surface area (Å²) in [6, 6.07) is 4.78. The highest BCUT2D eigenvalue weighted by molar-refractivity contribution is 5.95. The summed E-state index contributed by atoms with van der Waals surface area (Å²) in [6.45, 7) is 1.44. The molecule has 2 rings (SSSR count). The van der Waals surface area contributed by atoms with Crippen molar-refractivity contribution in [2.75, 3.05) is 32.1 Å². The summed E-state index contributed by atoms with van der Waals surface area (Å²) < 4.78 is 0. The van der Waals surface area contributed by atoms with Gasteiger partial charge in [-0.3, -0.25) is 14.9 Å². The molecule has 7 heteroatoms. The van der Waals surface area contributed by atoms with Crippen molar-refractivity contribution < 1.29 is 9.72 Å². The van der Waals surface area contributed by atoms with Crippen molar-refractivity contribution in [2.24, 2.45) is 0 Å². The van der Waals surface area contributed by atoms with Gasteiger partial charge in [0.2, 0.25) is 0 Å². The van der Waals surface area contributed by atoms with Crippen LogP contribution >= 0.6 is 0 Å². The molecule has 1 amide bonds. The van der Waals surface area contributed by atoms with E-state index in [0.717, 1.165) is 13.0 Å². The van der Waals surface area contributed by atoms with Crippen LogP contribution in [0.1, 0.15) is 16.8 Å². The lowest BCUT2D eigenvalue weighted by molar-refractivity contribution is -0.384. The summed E-state index contributed by atoms with van der Waals surface area (Å²) in [5, 5.41) is 16.8. The Kier molecular flexibility index (Phi) is 4.19. The van der Waals surface area contributed by atoms with Crippen LogP contribution in [-0.2, 0) is 0 Å². The average molecular weight is 278 g/mol. The van der Waals surface area contributed by atoms with Crippen molar-refractivity contribution in [1.82, 2.24) is 10.6 Å². The number of nitro benzene ring substituents is 1. The summed E-state index contributed by atoms with van der Waals surface area (Å²) in [4.78, 5) is 24.4.